The third-order valence-electron chi connectivity index (χ3n) is 4.86. The van der Waals surface area contributed by atoms with Gasteiger partial charge < -0.3 is 15.0 Å². The molecule has 1 aliphatic rings. The molecule has 2 heterocycles. The van der Waals surface area contributed by atoms with E-state index in [1.165, 1.54) is 0 Å². The summed E-state index contributed by atoms with van der Waals surface area (Å²) in [4.78, 5) is 24.9. The molecule has 1 amide bonds. The zero-order chi connectivity index (χ0) is 18.5. The number of carbonyl (C=O) groups is 1. The molecule has 0 bridgehead atoms. The number of amides is 1. The summed E-state index contributed by atoms with van der Waals surface area (Å²) < 4.78 is 0. The van der Waals surface area contributed by atoms with E-state index in [2.05, 4.69) is 28.7 Å². The quantitative estimate of drug-likeness (QED) is 0.833. The van der Waals surface area contributed by atoms with Crippen LogP contribution in [0.15, 0.2) is 36.7 Å². The van der Waals surface area contributed by atoms with Gasteiger partial charge in [-0.2, -0.15) is 0 Å². The highest BCUT2D eigenvalue weighted by molar-refractivity contribution is 6.00. The number of aromatic amines is 1. The highest BCUT2D eigenvalue weighted by Crippen LogP contribution is 2.23. The van der Waals surface area contributed by atoms with Crippen LogP contribution in [0.1, 0.15) is 30.6 Å². The van der Waals surface area contributed by atoms with E-state index in [1.54, 1.807) is 12.4 Å². The molecule has 26 heavy (non-hydrogen) atoms. The van der Waals surface area contributed by atoms with Crippen molar-refractivity contribution in [1.82, 2.24) is 19.8 Å². The lowest BCUT2D eigenvalue weighted by Crippen LogP contribution is -2.55. The van der Waals surface area contributed by atoms with Crippen LogP contribution < -0.4 is 0 Å². The molecule has 2 aromatic rings. The molecular weight excluding hydrogens is 328 g/mol. The summed E-state index contributed by atoms with van der Waals surface area (Å²) in [6.45, 7) is 7.75. The Hall–Kier alpha value is -2.18. The van der Waals surface area contributed by atoms with Gasteiger partial charge in [0.15, 0.2) is 0 Å². The van der Waals surface area contributed by atoms with Gasteiger partial charge in [0, 0.05) is 56.8 Å². The molecule has 1 fully saturated rings. The largest absolute Gasteiger partial charge is 0.396 e. The molecule has 0 saturated carbocycles. The van der Waals surface area contributed by atoms with Crippen LogP contribution in [-0.2, 0) is 0 Å². The maximum atomic E-state index is 13.2. The number of aliphatic hydroxyl groups excluding tert-OH is 1. The van der Waals surface area contributed by atoms with Gasteiger partial charge in [-0.3, -0.25) is 9.69 Å². The standard InChI is InChI=1S/C20H28N4O2/c1-15(2)13-23-10-11-24(14-16(23)7-12-25)20(26)18-6-4-3-5-17(18)19-21-8-9-22-19/h3-6,8-9,15-16,25H,7,10-14H2,1-2H3,(H,21,22). The van der Waals surface area contributed by atoms with Gasteiger partial charge in [0.2, 0.25) is 0 Å². The van der Waals surface area contributed by atoms with Crippen molar-refractivity contribution < 1.29 is 9.90 Å². The minimum atomic E-state index is 0.0316. The lowest BCUT2D eigenvalue weighted by Gasteiger charge is -2.42. The van der Waals surface area contributed by atoms with Crippen LogP contribution in [0, 0.1) is 5.92 Å². The van der Waals surface area contributed by atoms with E-state index >= 15 is 0 Å². The van der Waals surface area contributed by atoms with Gasteiger partial charge in [0.05, 0.1) is 5.56 Å². The van der Waals surface area contributed by atoms with Crippen LogP contribution in [0.2, 0.25) is 0 Å². The first-order chi connectivity index (χ1) is 12.6. The number of piperazine rings is 1. The number of nitrogens with zero attached hydrogens (tertiary/aromatic N) is 3. The molecule has 2 N–H and O–H groups in total. The van der Waals surface area contributed by atoms with E-state index < -0.39 is 0 Å². The molecule has 1 unspecified atom stereocenters. The van der Waals surface area contributed by atoms with Crippen molar-refractivity contribution in [3.8, 4) is 11.4 Å². The molecule has 0 radical (unpaired) electrons. The molecule has 0 spiro atoms. The first kappa shape index (κ1) is 18.6. The zero-order valence-electron chi connectivity index (χ0n) is 15.6. The lowest BCUT2D eigenvalue weighted by molar-refractivity contribution is 0.0385. The van der Waals surface area contributed by atoms with Gasteiger partial charge in [0.25, 0.3) is 5.91 Å². The van der Waals surface area contributed by atoms with Crippen LogP contribution in [-0.4, -0.2) is 69.6 Å². The fourth-order valence-electron chi connectivity index (χ4n) is 3.67. The van der Waals surface area contributed by atoms with E-state index in [-0.39, 0.29) is 18.6 Å². The topological polar surface area (TPSA) is 72.5 Å². The SMILES string of the molecule is CC(C)CN1CCN(C(=O)c2ccccc2-c2ncc[nH]2)CC1CCO. The normalized spacial score (nSPS) is 18.5. The van der Waals surface area contributed by atoms with Crippen LogP contribution in [0.25, 0.3) is 11.4 Å². The van der Waals surface area contributed by atoms with Crippen molar-refractivity contribution in [2.24, 2.45) is 5.92 Å². The van der Waals surface area contributed by atoms with E-state index in [0.717, 1.165) is 18.7 Å². The number of imidazole rings is 1. The van der Waals surface area contributed by atoms with E-state index in [9.17, 15) is 9.90 Å². The molecule has 140 valence electrons. The second-order valence-electron chi connectivity index (χ2n) is 7.29. The number of H-pyrrole nitrogens is 1. The van der Waals surface area contributed by atoms with Crippen molar-refractivity contribution >= 4 is 5.91 Å². The molecule has 1 aromatic carbocycles. The van der Waals surface area contributed by atoms with Gasteiger partial charge in [0.1, 0.15) is 5.82 Å². The summed E-state index contributed by atoms with van der Waals surface area (Å²) in [5.41, 5.74) is 1.49. The van der Waals surface area contributed by atoms with Gasteiger partial charge in [-0.1, -0.05) is 32.0 Å². The molecule has 1 saturated heterocycles. The third kappa shape index (κ3) is 4.14. The minimum absolute atomic E-state index is 0.0316. The third-order valence-corrected chi connectivity index (χ3v) is 4.86. The Morgan fingerprint density at radius 2 is 2.15 bits per heavy atom. The summed E-state index contributed by atoms with van der Waals surface area (Å²) in [5, 5.41) is 9.44. The first-order valence-corrected chi connectivity index (χ1v) is 9.33. The Balaban J connectivity index is 1.79. The number of aliphatic hydroxyl groups is 1. The Morgan fingerprint density at radius 3 is 2.85 bits per heavy atom. The van der Waals surface area contributed by atoms with Crippen LogP contribution in [0.5, 0.6) is 0 Å². The lowest BCUT2D eigenvalue weighted by atomic mass is 10.0. The minimum Gasteiger partial charge on any atom is -0.396 e. The van der Waals surface area contributed by atoms with Gasteiger partial charge in [-0.15, -0.1) is 0 Å². The van der Waals surface area contributed by atoms with E-state index in [1.807, 2.05) is 29.2 Å². The van der Waals surface area contributed by atoms with Gasteiger partial charge >= 0.3 is 0 Å². The van der Waals surface area contributed by atoms with Crippen molar-refractivity contribution in [2.45, 2.75) is 26.3 Å². The predicted octanol–water partition coefficient (Wildman–Crippen LogP) is 2.24. The molecule has 6 nitrogen and oxygen atoms in total. The average molecular weight is 356 g/mol. The maximum absolute atomic E-state index is 13.2. The van der Waals surface area contributed by atoms with Crippen molar-refractivity contribution in [2.75, 3.05) is 32.8 Å². The molecule has 6 heteroatoms. The number of hydrogen-bond donors (Lipinski definition) is 2. The number of carbonyl (C=O) groups excluding carboxylic acids is 1. The summed E-state index contributed by atoms with van der Waals surface area (Å²) in [5.74, 6) is 1.31. The maximum Gasteiger partial charge on any atom is 0.254 e. The number of hydrogen-bond acceptors (Lipinski definition) is 4. The molecular formula is C20H28N4O2. The average Bonchev–Trinajstić information content (AvgIpc) is 3.17. The van der Waals surface area contributed by atoms with Gasteiger partial charge in [-0.25, -0.2) is 4.98 Å². The second-order valence-corrected chi connectivity index (χ2v) is 7.29. The summed E-state index contributed by atoms with van der Waals surface area (Å²) in [6, 6.07) is 7.80. The monoisotopic (exact) mass is 356 g/mol. The number of benzene rings is 1. The Morgan fingerprint density at radius 1 is 1.35 bits per heavy atom. The van der Waals surface area contributed by atoms with Crippen molar-refractivity contribution in [3.05, 3.63) is 42.2 Å². The zero-order valence-corrected chi connectivity index (χ0v) is 15.6. The van der Waals surface area contributed by atoms with E-state index in [4.69, 9.17) is 0 Å². The molecule has 0 aliphatic carbocycles. The van der Waals surface area contributed by atoms with Gasteiger partial charge in [-0.05, 0) is 18.4 Å². The van der Waals surface area contributed by atoms with E-state index in [0.29, 0.717) is 36.8 Å². The molecule has 1 aromatic heterocycles. The summed E-state index contributed by atoms with van der Waals surface area (Å²) >= 11 is 0. The summed E-state index contributed by atoms with van der Waals surface area (Å²) in [6.07, 6.45) is 4.15. The Kier molecular flexibility index (Phi) is 6.06. The number of rotatable bonds is 6. The predicted molar refractivity (Wildman–Crippen MR) is 102 cm³/mol. The Labute approximate surface area is 154 Å². The second kappa shape index (κ2) is 8.47. The number of nitrogens with one attached hydrogen (secondary N) is 1. The number of aromatic nitrogens is 2. The highest BCUT2D eigenvalue weighted by atomic mass is 16.3. The molecule has 3 rings (SSSR count). The molecule has 1 aliphatic heterocycles. The van der Waals surface area contributed by atoms with Crippen molar-refractivity contribution in [1.29, 1.82) is 0 Å². The fraction of sp³-hybridized carbons (Fsp3) is 0.500. The smallest absolute Gasteiger partial charge is 0.254 e. The Bertz CT molecular complexity index is 714. The van der Waals surface area contributed by atoms with Crippen molar-refractivity contribution in [3.63, 3.8) is 0 Å². The van der Waals surface area contributed by atoms with Crippen LogP contribution in [0.4, 0.5) is 0 Å². The van der Waals surface area contributed by atoms with Crippen LogP contribution in [0.3, 0.4) is 0 Å². The van der Waals surface area contributed by atoms with Crippen LogP contribution >= 0.6 is 0 Å². The first-order valence-electron chi connectivity index (χ1n) is 9.33. The summed E-state index contributed by atoms with van der Waals surface area (Å²) in [7, 11) is 0. The molecule has 1 atom stereocenters. The highest BCUT2D eigenvalue weighted by Gasteiger charge is 2.30. The fourth-order valence-corrected chi connectivity index (χ4v) is 3.67.